The van der Waals surface area contributed by atoms with Gasteiger partial charge >= 0.3 is 6.18 Å². The first-order chi connectivity index (χ1) is 10.5. The standard InChI is InChI=1S/C12H24F3N5O2S/c1-3-17-11(18-4-9-23(16,21)22)20-7-5-19(6-8-20)10(2)12(13,14)15/h10H,3-9H2,1-2H3,(H,17,18)(H2,16,21,22). The Labute approximate surface area is 134 Å². The van der Waals surface area contributed by atoms with Crippen molar-refractivity contribution in [2.24, 2.45) is 10.1 Å². The molecule has 1 heterocycles. The Morgan fingerprint density at radius 1 is 1.30 bits per heavy atom. The second kappa shape index (κ2) is 8.15. The number of aliphatic imine (C=N–C) groups is 1. The van der Waals surface area contributed by atoms with Gasteiger partial charge in [0.05, 0.1) is 12.3 Å². The van der Waals surface area contributed by atoms with Crippen LogP contribution in [0.2, 0.25) is 0 Å². The lowest BCUT2D eigenvalue weighted by Crippen LogP contribution is -2.56. The fourth-order valence-corrected chi connectivity index (χ4v) is 2.58. The molecule has 1 aliphatic rings. The summed E-state index contributed by atoms with van der Waals surface area (Å²) < 4.78 is 60.0. The van der Waals surface area contributed by atoms with Crippen molar-refractivity contribution in [2.75, 3.05) is 45.0 Å². The maximum Gasteiger partial charge on any atom is 0.403 e. The Hall–Kier alpha value is -1.07. The molecule has 1 saturated heterocycles. The van der Waals surface area contributed by atoms with Gasteiger partial charge in [-0.05, 0) is 13.8 Å². The number of nitrogens with one attached hydrogen (secondary N) is 1. The van der Waals surface area contributed by atoms with Crippen LogP contribution in [0.4, 0.5) is 13.2 Å². The van der Waals surface area contributed by atoms with Gasteiger partial charge in [-0.2, -0.15) is 13.2 Å². The van der Waals surface area contributed by atoms with Crippen molar-refractivity contribution in [2.45, 2.75) is 26.1 Å². The van der Waals surface area contributed by atoms with Crippen LogP contribution < -0.4 is 10.5 Å². The van der Waals surface area contributed by atoms with Crippen molar-refractivity contribution in [3.63, 3.8) is 0 Å². The van der Waals surface area contributed by atoms with Crippen LogP contribution in [0.5, 0.6) is 0 Å². The summed E-state index contributed by atoms with van der Waals surface area (Å²) in [6.07, 6.45) is -4.24. The zero-order valence-electron chi connectivity index (χ0n) is 13.3. The minimum atomic E-state index is -4.24. The highest BCUT2D eigenvalue weighted by molar-refractivity contribution is 7.89. The van der Waals surface area contributed by atoms with Gasteiger partial charge in [-0.15, -0.1) is 0 Å². The zero-order valence-corrected chi connectivity index (χ0v) is 14.1. The number of nitrogens with zero attached hydrogens (tertiary/aromatic N) is 3. The van der Waals surface area contributed by atoms with E-state index in [0.717, 1.165) is 6.92 Å². The van der Waals surface area contributed by atoms with Crippen LogP contribution >= 0.6 is 0 Å². The fourth-order valence-electron chi connectivity index (χ4n) is 2.23. The third-order valence-electron chi connectivity index (χ3n) is 3.61. The Morgan fingerprint density at radius 2 is 1.87 bits per heavy atom. The van der Waals surface area contributed by atoms with E-state index < -0.39 is 22.2 Å². The first kappa shape index (κ1) is 20.0. The third-order valence-corrected chi connectivity index (χ3v) is 4.36. The van der Waals surface area contributed by atoms with E-state index in [1.165, 1.54) is 4.90 Å². The lowest BCUT2D eigenvalue weighted by Gasteiger charge is -2.39. The van der Waals surface area contributed by atoms with E-state index in [-0.39, 0.29) is 25.4 Å². The molecule has 0 aromatic rings. The highest BCUT2D eigenvalue weighted by atomic mass is 32.2. The molecule has 0 aromatic carbocycles. The molecule has 7 nitrogen and oxygen atoms in total. The van der Waals surface area contributed by atoms with Crippen molar-refractivity contribution in [3.05, 3.63) is 0 Å². The van der Waals surface area contributed by atoms with Crippen molar-refractivity contribution in [3.8, 4) is 0 Å². The predicted octanol–water partition coefficient (Wildman–Crippen LogP) is -0.191. The smallest absolute Gasteiger partial charge is 0.357 e. The Balaban J connectivity index is 2.62. The van der Waals surface area contributed by atoms with Crippen LogP contribution in [0.15, 0.2) is 4.99 Å². The average molecular weight is 359 g/mol. The van der Waals surface area contributed by atoms with E-state index in [9.17, 15) is 21.6 Å². The van der Waals surface area contributed by atoms with Crippen molar-refractivity contribution >= 4 is 16.0 Å². The Morgan fingerprint density at radius 3 is 2.30 bits per heavy atom. The van der Waals surface area contributed by atoms with E-state index in [1.54, 1.807) is 0 Å². The zero-order chi connectivity index (χ0) is 17.7. The number of sulfonamides is 1. The number of alkyl halides is 3. The van der Waals surface area contributed by atoms with Gasteiger partial charge in [0.1, 0.15) is 6.04 Å². The first-order valence-electron chi connectivity index (χ1n) is 7.39. The second-order valence-electron chi connectivity index (χ2n) is 5.34. The molecule has 1 rings (SSSR count). The summed E-state index contributed by atoms with van der Waals surface area (Å²) in [4.78, 5) is 7.38. The predicted molar refractivity (Wildman–Crippen MR) is 82.6 cm³/mol. The maximum atomic E-state index is 12.7. The molecule has 0 saturated carbocycles. The normalized spacial score (nSPS) is 19.7. The topological polar surface area (TPSA) is 91.0 Å². The highest BCUT2D eigenvalue weighted by Gasteiger charge is 2.41. The van der Waals surface area contributed by atoms with Crippen LogP contribution in [0, 0.1) is 0 Å². The molecule has 136 valence electrons. The van der Waals surface area contributed by atoms with E-state index in [1.807, 2.05) is 11.8 Å². The van der Waals surface area contributed by atoms with Gasteiger partial charge in [-0.3, -0.25) is 9.89 Å². The summed E-state index contributed by atoms with van der Waals surface area (Å²) in [5.74, 6) is 0.225. The monoisotopic (exact) mass is 359 g/mol. The van der Waals surface area contributed by atoms with Crippen molar-refractivity contribution in [1.29, 1.82) is 0 Å². The minimum absolute atomic E-state index is 0.0142. The van der Waals surface area contributed by atoms with E-state index >= 15 is 0 Å². The van der Waals surface area contributed by atoms with Gasteiger partial charge in [0, 0.05) is 32.7 Å². The molecular weight excluding hydrogens is 335 g/mol. The number of nitrogens with two attached hydrogens (primary N) is 1. The molecule has 1 aliphatic heterocycles. The van der Waals surface area contributed by atoms with E-state index in [4.69, 9.17) is 5.14 Å². The number of rotatable bonds is 5. The lowest BCUT2D eigenvalue weighted by atomic mass is 10.2. The molecule has 1 unspecified atom stereocenters. The molecule has 0 radical (unpaired) electrons. The highest BCUT2D eigenvalue weighted by Crippen LogP contribution is 2.25. The number of hydrogen-bond donors (Lipinski definition) is 2. The van der Waals surface area contributed by atoms with Gasteiger partial charge in [-0.1, -0.05) is 0 Å². The molecule has 3 N–H and O–H groups in total. The summed E-state index contributed by atoms with van der Waals surface area (Å²) in [5, 5.41) is 7.93. The van der Waals surface area contributed by atoms with Crippen LogP contribution in [-0.2, 0) is 10.0 Å². The van der Waals surface area contributed by atoms with Crippen LogP contribution in [0.25, 0.3) is 0 Å². The minimum Gasteiger partial charge on any atom is -0.357 e. The second-order valence-corrected chi connectivity index (χ2v) is 7.08. The average Bonchev–Trinajstić information content (AvgIpc) is 2.43. The van der Waals surface area contributed by atoms with Crippen molar-refractivity contribution < 1.29 is 21.6 Å². The fraction of sp³-hybridized carbons (Fsp3) is 0.917. The third kappa shape index (κ3) is 6.92. The summed E-state index contributed by atoms with van der Waals surface area (Å²) in [5.41, 5.74) is 0. The van der Waals surface area contributed by atoms with E-state index in [2.05, 4.69) is 10.3 Å². The summed E-state index contributed by atoms with van der Waals surface area (Å²) in [7, 11) is -3.59. The van der Waals surface area contributed by atoms with Crippen molar-refractivity contribution in [1.82, 2.24) is 15.1 Å². The van der Waals surface area contributed by atoms with Crippen LogP contribution in [0.1, 0.15) is 13.8 Å². The molecule has 0 aliphatic carbocycles. The summed E-state index contributed by atoms with van der Waals surface area (Å²) in [6.45, 7) is 4.91. The Kier molecular flexibility index (Phi) is 7.08. The molecule has 1 atom stereocenters. The number of guanidine groups is 1. The van der Waals surface area contributed by atoms with Gasteiger partial charge in [-0.25, -0.2) is 13.6 Å². The number of halogens is 3. The van der Waals surface area contributed by atoms with Gasteiger partial charge in [0.2, 0.25) is 10.0 Å². The van der Waals surface area contributed by atoms with Gasteiger partial charge < -0.3 is 10.2 Å². The number of piperazine rings is 1. The summed E-state index contributed by atoms with van der Waals surface area (Å²) >= 11 is 0. The molecule has 23 heavy (non-hydrogen) atoms. The van der Waals surface area contributed by atoms with Crippen LogP contribution in [-0.4, -0.2) is 81.4 Å². The number of primary sulfonamides is 1. The maximum absolute atomic E-state index is 12.7. The van der Waals surface area contributed by atoms with Gasteiger partial charge in [0.15, 0.2) is 5.96 Å². The van der Waals surface area contributed by atoms with Crippen LogP contribution in [0.3, 0.4) is 0 Å². The molecular formula is C12H24F3N5O2S. The molecule has 0 spiro atoms. The Bertz CT molecular complexity index is 501. The SMILES string of the molecule is CCNC(=NCCS(N)(=O)=O)N1CCN(C(C)C(F)(F)F)CC1. The van der Waals surface area contributed by atoms with E-state index in [0.29, 0.717) is 25.6 Å². The van der Waals surface area contributed by atoms with Gasteiger partial charge in [0.25, 0.3) is 0 Å². The molecule has 0 aromatic heterocycles. The largest absolute Gasteiger partial charge is 0.403 e. The summed E-state index contributed by atoms with van der Waals surface area (Å²) in [6, 6.07) is -1.48. The molecule has 1 fully saturated rings. The quantitative estimate of drug-likeness (QED) is 0.524. The molecule has 0 amide bonds. The molecule has 0 bridgehead atoms. The first-order valence-corrected chi connectivity index (χ1v) is 9.10. The molecule has 11 heteroatoms. The lowest BCUT2D eigenvalue weighted by molar-refractivity contribution is -0.181. The number of hydrogen-bond acceptors (Lipinski definition) is 4.